The summed E-state index contributed by atoms with van der Waals surface area (Å²) in [6.07, 6.45) is 2.67. The van der Waals surface area contributed by atoms with E-state index in [1.165, 1.54) is 6.92 Å². The van der Waals surface area contributed by atoms with E-state index in [0.717, 1.165) is 42.2 Å². The molecule has 1 aromatic carbocycles. The van der Waals surface area contributed by atoms with Crippen molar-refractivity contribution in [1.82, 2.24) is 5.32 Å². The molecule has 1 amide bonds. The average Bonchev–Trinajstić information content (AvgIpc) is 2.68. The van der Waals surface area contributed by atoms with Crippen molar-refractivity contribution in [1.29, 1.82) is 0 Å². The van der Waals surface area contributed by atoms with Gasteiger partial charge in [0, 0.05) is 16.5 Å². The highest BCUT2D eigenvalue weighted by Gasteiger charge is 2.24. The summed E-state index contributed by atoms with van der Waals surface area (Å²) in [6.45, 7) is 6.68. The average molecular weight is 400 g/mol. The molecule has 2 aromatic rings. The Hall–Kier alpha value is -2.83. The lowest BCUT2D eigenvalue weighted by Crippen LogP contribution is -2.53. The number of amides is 1. The van der Waals surface area contributed by atoms with Crippen molar-refractivity contribution in [2.45, 2.75) is 65.5 Å². The quantitative estimate of drug-likeness (QED) is 0.739. The number of rotatable bonds is 6. The van der Waals surface area contributed by atoms with Gasteiger partial charge < -0.3 is 24.4 Å². The number of hydrogen-bond donors (Lipinski definition) is 1. The van der Waals surface area contributed by atoms with Crippen LogP contribution in [0.1, 0.15) is 50.3 Å². The fraction of sp³-hybridized carbons (Fsp3) is 0.500. The van der Waals surface area contributed by atoms with E-state index in [1.807, 2.05) is 6.07 Å². The van der Waals surface area contributed by atoms with Crippen molar-refractivity contribution >= 4 is 22.8 Å². The van der Waals surface area contributed by atoms with Crippen LogP contribution in [0.25, 0.3) is 11.0 Å². The van der Waals surface area contributed by atoms with E-state index in [-0.39, 0.29) is 11.5 Å². The number of carbonyl (C=O) groups excluding carboxylic acids is 2. The lowest BCUT2D eigenvalue weighted by Gasteiger charge is -2.25. The normalized spacial score (nSPS) is 15.6. The third-order valence-corrected chi connectivity index (χ3v) is 5.48. The van der Waals surface area contributed by atoms with Gasteiger partial charge in [0.2, 0.25) is 0 Å². The number of ether oxygens (including phenoxy) is 1. The highest BCUT2D eigenvalue weighted by Crippen LogP contribution is 2.32. The predicted molar refractivity (Wildman–Crippen MR) is 106 cm³/mol. The van der Waals surface area contributed by atoms with Gasteiger partial charge in [-0.1, -0.05) is 13.8 Å². The molecule has 0 fully saturated rings. The molecule has 0 spiro atoms. The van der Waals surface area contributed by atoms with Gasteiger partial charge in [0.25, 0.3) is 5.91 Å². The van der Waals surface area contributed by atoms with Crippen LogP contribution in [-0.2, 0) is 22.4 Å². The van der Waals surface area contributed by atoms with E-state index < -0.39 is 24.0 Å². The number of benzene rings is 1. The van der Waals surface area contributed by atoms with Crippen molar-refractivity contribution < 1.29 is 23.8 Å². The minimum Gasteiger partial charge on any atom is -0.548 e. The van der Waals surface area contributed by atoms with Gasteiger partial charge in [0.1, 0.15) is 11.3 Å². The van der Waals surface area contributed by atoms with Crippen molar-refractivity contribution in [2.24, 2.45) is 5.92 Å². The number of nitrogens with one attached hydrogen (secondary N) is 1. The third kappa shape index (κ3) is 4.13. The Bertz CT molecular complexity index is 1010. The molecule has 0 bridgehead atoms. The number of carboxylic acids is 1. The molecule has 3 rings (SSSR count). The van der Waals surface area contributed by atoms with Crippen LogP contribution >= 0.6 is 0 Å². The Labute approximate surface area is 169 Å². The Morgan fingerprint density at radius 3 is 2.41 bits per heavy atom. The molecular formula is C22H26NO6-. The predicted octanol–water partition coefficient (Wildman–Crippen LogP) is 1.64. The lowest BCUT2D eigenvalue weighted by atomic mass is 9.90. The molecule has 1 N–H and O–H groups in total. The van der Waals surface area contributed by atoms with E-state index in [1.54, 1.807) is 26.8 Å². The van der Waals surface area contributed by atoms with Crippen LogP contribution in [-0.4, -0.2) is 24.0 Å². The maximum absolute atomic E-state index is 12.4. The van der Waals surface area contributed by atoms with Crippen molar-refractivity contribution in [2.75, 3.05) is 0 Å². The molecule has 7 heteroatoms. The van der Waals surface area contributed by atoms with Crippen LogP contribution in [0.4, 0.5) is 0 Å². The SMILES string of the molecule is Cc1c(O[C@H](C)C(=O)N[C@H](C(=O)[O-])C(C)C)ccc2c3c(c(=O)oc12)CCCC3. The number of fused-ring (bicyclic) bond motifs is 3. The molecule has 7 nitrogen and oxygen atoms in total. The smallest absolute Gasteiger partial charge is 0.339 e. The molecule has 2 atom stereocenters. The molecule has 0 radical (unpaired) electrons. The van der Waals surface area contributed by atoms with Gasteiger partial charge in [0.15, 0.2) is 6.10 Å². The number of aliphatic carboxylic acids is 1. The van der Waals surface area contributed by atoms with Crippen LogP contribution in [0.2, 0.25) is 0 Å². The van der Waals surface area contributed by atoms with Crippen molar-refractivity contribution in [3.63, 3.8) is 0 Å². The van der Waals surface area contributed by atoms with E-state index in [9.17, 15) is 19.5 Å². The fourth-order valence-corrected chi connectivity index (χ4v) is 3.76. The second kappa shape index (κ2) is 8.27. The van der Waals surface area contributed by atoms with Crippen LogP contribution < -0.4 is 20.8 Å². The number of hydrogen-bond acceptors (Lipinski definition) is 6. The summed E-state index contributed by atoms with van der Waals surface area (Å²) in [6, 6.07) is 2.51. The van der Waals surface area contributed by atoms with Gasteiger partial charge in [-0.15, -0.1) is 0 Å². The van der Waals surface area contributed by atoms with Gasteiger partial charge in [0.05, 0.1) is 12.0 Å². The molecule has 1 heterocycles. The number of aryl methyl sites for hydroxylation is 2. The second-order valence-corrected chi connectivity index (χ2v) is 7.93. The van der Waals surface area contributed by atoms with E-state index >= 15 is 0 Å². The Morgan fingerprint density at radius 2 is 1.79 bits per heavy atom. The summed E-state index contributed by atoms with van der Waals surface area (Å²) in [5.41, 5.74) is 2.58. The summed E-state index contributed by atoms with van der Waals surface area (Å²) in [5.74, 6) is -1.80. The first-order valence-corrected chi connectivity index (χ1v) is 9.96. The molecule has 0 aliphatic heterocycles. The van der Waals surface area contributed by atoms with Gasteiger partial charge in [-0.05, 0) is 63.1 Å². The summed E-state index contributed by atoms with van der Waals surface area (Å²) in [5, 5.41) is 14.5. The summed E-state index contributed by atoms with van der Waals surface area (Å²) in [7, 11) is 0. The van der Waals surface area contributed by atoms with Crippen molar-refractivity contribution in [3.8, 4) is 5.75 Å². The third-order valence-electron chi connectivity index (χ3n) is 5.48. The first kappa shape index (κ1) is 20.9. The van der Waals surface area contributed by atoms with Crippen LogP contribution in [0.3, 0.4) is 0 Å². The van der Waals surface area contributed by atoms with Gasteiger partial charge in [-0.25, -0.2) is 4.79 Å². The molecule has 0 unspecified atom stereocenters. The molecule has 0 saturated carbocycles. The van der Waals surface area contributed by atoms with E-state index in [2.05, 4.69) is 5.32 Å². The molecule has 1 aliphatic rings. The topological polar surface area (TPSA) is 109 Å². The molecule has 0 saturated heterocycles. The summed E-state index contributed by atoms with van der Waals surface area (Å²) >= 11 is 0. The highest BCUT2D eigenvalue weighted by molar-refractivity contribution is 5.87. The first-order chi connectivity index (χ1) is 13.7. The largest absolute Gasteiger partial charge is 0.548 e. The zero-order valence-electron chi connectivity index (χ0n) is 17.2. The van der Waals surface area contributed by atoms with Gasteiger partial charge >= 0.3 is 5.63 Å². The number of carbonyl (C=O) groups is 2. The molecule has 156 valence electrons. The zero-order chi connectivity index (χ0) is 21.3. The highest BCUT2D eigenvalue weighted by atomic mass is 16.5. The van der Waals surface area contributed by atoms with Gasteiger partial charge in [-0.2, -0.15) is 0 Å². The van der Waals surface area contributed by atoms with Crippen molar-refractivity contribution in [3.05, 3.63) is 39.2 Å². The Balaban J connectivity index is 1.87. The fourth-order valence-electron chi connectivity index (χ4n) is 3.76. The monoisotopic (exact) mass is 400 g/mol. The first-order valence-electron chi connectivity index (χ1n) is 9.96. The molecule has 1 aliphatic carbocycles. The summed E-state index contributed by atoms with van der Waals surface area (Å²) in [4.78, 5) is 36.0. The lowest BCUT2D eigenvalue weighted by molar-refractivity contribution is -0.309. The molecule has 29 heavy (non-hydrogen) atoms. The second-order valence-electron chi connectivity index (χ2n) is 7.93. The maximum atomic E-state index is 12.4. The van der Waals surface area contributed by atoms with Gasteiger partial charge in [-0.3, -0.25) is 4.79 Å². The van der Waals surface area contributed by atoms with E-state index in [0.29, 0.717) is 16.9 Å². The minimum atomic E-state index is -1.34. The molecule has 1 aromatic heterocycles. The minimum absolute atomic E-state index is 0.313. The Kier molecular flexibility index (Phi) is 5.96. The maximum Gasteiger partial charge on any atom is 0.339 e. The number of carboxylic acid groups (broad SMARTS) is 1. The Morgan fingerprint density at radius 1 is 1.14 bits per heavy atom. The van der Waals surface area contributed by atoms with E-state index in [4.69, 9.17) is 9.15 Å². The summed E-state index contributed by atoms with van der Waals surface area (Å²) < 4.78 is 11.4. The molecular weight excluding hydrogens is 374 g/mol. The van der Waals surface area contributed by atoms with Crippen LogP contribution in [0, 0.1) is 12.8 Å². The standard InChI is InChI=1S/C22H27NO6/c1-11(2)18(21(25)26)23-20(24)13(4)28-17-10-9-15-14-7-5-6-8-16(14)22(27)29-19(15)12(17)3/h9-11,13,18H,5-8H2,1-4H3,(H,23,24)(H,25,26)/p-1/t13-,18+/m1/s1. The van der Waals surface area contributed by atoms with Crippen LogP contribution in [0.15, 0.2) is 21.3 Å². The van der Waals surface area contributed by atoms with Crippen LogP contribution in [0.5, 0.6) is 5.75 Å². The zero-order valence-corrected chi connectivity index (χ0v) is 17.2.